The van der Waals surface area contributed by atoms with Gasteiger partial charge in [-0.05, 0) is 30.7 Å². The second-order valence-electron chi connectivity index (χ2n) is 5.07. The predicted molar refractivity (Wildman–Crippen MR) is 77.6 cm³/mol. The summed E-state index contributed by atoms with van der Waals surface area (Å²) in [5.74, 6) is -0.329. The van der Waals surface area contributed by atoms with Crippen LogP contribution in [0.5, 0.6) is 0 Å². The SMILES string of the molecule is Cl.O=C(NCC(O)c1cccc(C(F)(F)F)c1)C1CCNC1. The Bertz CT molecular complexity index is 505. The number of benzene rings is 1. The minimum Gasteiger partial charge on any atom is -0.387 e. The molecular formula is C14H18ClF3N2O2. The van der Waals surface area contributed by atoms with Gasteiger partial charge in [0.25, 0.3) is 0 Å². The van der Waals surface area contributed by atoms with E-state index >= 15 is 0 Å². The molecule has 0 saturated carbocycles. The third-order valence-corrected chi connectivity index (χ3v) is 3.50. The standard InChI is InChI=1S/C14H17F3N2O2.ClH/c15-14(16,17)11-3-1-2-9(6-11)12(20)8-19-13(21)10-4-5-18-7-10;/h1-3,6,10,12,18,20H,4-5,7-8H2,(H,19,21);1H. The number of aliphatic hydroxyl groups is 1. The molecule has 1 aliphatic heterocycles. The number of aliphatic hydroxyl groups excluding tert-OH is 1. The Hall–Kier alpha value is -1.31. The van der Waals surface area contributed by atoms with Crippen LogP contribution in [0.25, 0.3) is 0 Å². The van der Waals surface area contributed by atoms with E-state index in [0.717, 1.165) is 25.1 Å². The Morgan fingerprint density at radius 2 is 2.18 bits per heavy atom. The summed E-state index contributed by atoms with van der Waals surface area (Å²) < 4.78 is 37.8. The van der Waals surface area contributed by atoms with Gasteiger partial charge in [-0.15, -0.1) is 12.4 Å². The van der Waals surface area contributed by atoms with Crippen molar-refractivity contribution in [3.63, 3.8) is 0 Å². The van der Waals surface area contributed by atoms with Gasteiger partial charge in [0, 0.05) is 13.1 Å². The average Bonchev–Trinajstić information content (AvgIpc) is 2.98. The average molecular weight is 339 g/mol. The summed E-state index contributed by atoms with van der Waals surface area (Å²) in [4.78, 5) is 11.8. The highest BCUT2D eigenvalue weighted by Crippen LogP contribution is 2.30. The van der Waals surface area contributed by atoms with Gasteiger partial charge in [-0.25, -0.2) is 0 Å². The zero-order valence-corrected chi connectivity index (χ0v) is 12.5. The van der Waals surface area contributed by atoms with Gasteiger partial charge in [0.05, 0.1) is 17.6 Å². The summed E-state index contributed by atoms with van der Waals surface area (Å²) >= 11 is 0. The summed E-state index contributed by atoms with van der Waals surface area (Å²) in [6.45, 7) is 1.26. The molecule has 1 aromatic rings. The number of rotatable bonds is 4. The van der Waals surface area contributed by atoms with Crippen molar-refractivity contribution in [2.75, 3.05) is 19.6 Å². The molecular weight excluding hydrogens is 321 g/mol. The summed E-state index contributed by atoms with van der Waals surface area (Å²) in [5, 5.41) is 15.5. The van der Waals surface area contributed by atoms with E-state index in [1.165, 1.54) is 12.1 Å². The van der Waals surface area contributed by atoms with Crippen LogP contribution in [0.1, 0.15) is 23.7 Å². The molecule has 0 bridgehead atoms. The zero-order valence-electron chi connectivity index (χ0n) is 11.7. The maximum absolute atomic E-state index is 12.6. The molecule has 3 N–H and O–H groups in total. The van der Waals surface area contributed by atoms with Crippen molar-refractivity contribution in [2.45, 2.75) is 18.7 Å². The van der Waals surface area contributed by atoms with Gasteiger partial charge in [-0.1, -0.05) is 12.1 Å². The molecule has 2 unspecified atom stereocenters. The Morgan fingerprint density at radius 1 is 1.45 bits per heavy atom. The van der Waals surface area contributed by atoms with E-state index < -0.39 is 17.8 Å². The number of amides is 1. The van der Waals surface area contributed by atoms with Crippen molar-refractivity contribution >= 4 is 18.3 Å². The van der Waals surface area contributed by atoms with Crippen molar-refractivity contribution < 1.29 is 23.1 Å². The van der Waals surface area contributed by atoms with Crippen molar-refractivity contribution in [1.29, 1.82) is 0 Å². The van der Waals surface area contributed by atoms with Gasteiger partial charge < -0.3 is 15.7 Å². The Kier molecular flexibility index (Phi) is 6.65. The predicted octanol–water partition coefficient (Wildman–Crippen LogP) is 1.89. The van der Waals surface area contributed by atoms with Gasteiger partial charge in [-0.2, -0.15) is 13.2 Å². The molecule has 22 heavy (non-hydrogen) atoms. The number of nitrogens with one attached hydrogen (secondary N) is 2. The molecule has 124 valence electrons. The molecule has 1 aromatic carbocycles. The quantitative estimate of drug-likeness (QED) is 0.785. The number of halogens is 4. The Balaban J connectivity index is 0.00000242. The highest BCUT2D eigenvalue weighted by Gasteiger charge is 2.31. The van der Waals surface area contributed by atoms with Crippen LogP contribution >= 0.6 is 12.4 Å². The number of hydrogen-bond acceptors (Lipinski definition) is 3. The van der Waals surface area contributed by atoms with Gasteiger partial charge in [0.1, 0.15) is 0 Å². The van der Waals surface area contributed by atoms with Crippen LogP contribution in [-0.2, 0) is 11.0 Å². The molecule has 0 spiro atoms. The first-order chi connectivity index (χ1) is 9.88. The molecule has 1 aliphatic rings. The summed E-state index contributed by atoms with van der Waals surface area (Å²) in [6.07, 6.45) is -4.88. The molecule has 8 heteroatoms. The normalized spacial score (nSPS) is 19.4. The second kappa shape index (κ2) is 7.80. The smallest absolute Gasteiger partial charge is 0.387 e. The minimum absolute atomic E-state index is 0. The minimum atomic E-state index is -4.45. The number of carbonyl (C=O) groups excluding carboxylic acids is 1. The van der Waals surface area contributed by atoms with Crippen LogP contribution in [-0.4, -0.2) is 30.6 Å². The van der Waals surface area contributed by atoms with E-state index in [1.54, 1.807) is 0 Å². The van der Waals surface area contributed by atoms with Crippen LogP contribution in [0.2, 0.25) is 0 Å². The molecule has 4 nitrogen and oxygen atoms in total. The molecule has 1 fully saturated rings. The maximum Gasteiger partial charge on any atom is 0.416 e. The number of alkyl halides is 3. The fourth-order valence-electron chi connectivity index (χ4n) is 2.26. The molecule has 2 rings (SSSR count). The molecule has 0 radical (unpaired) electrons. The molecule has 1 saturated heterocycles. The lowest BCUT2D eigenvalue weighted by molar-refractivity contribution is -0.137. The van der Waals surface area contributed by atoms with Gasteiger partial charge in [0.15, 0.2) is 0 Å². The molecule has 0 aliphatic carbocycles. The monoisotopic (exact) mass is 338 g/mol. The second-order valence-corrected chi connectivity index (χ2v) is 5.07. The topological polar surface area (TPSA) is 61.4 Å². The van der Waals surface area contributed by atoms with Crippen molar-refractivity contribution in [2.24, 2.45) is 5.92 Å². The Labute approximate surface area is 132 Å². The molecule has 1 heterocycles. The van der Waals surface area contributed by atoms with Gasteiger partial charge in [0.2, 0.25) is 5.91 Å². The fraction of sp³-hybridized carbons (Fsp3) is 0.500. The van der Waals surface area contributed by atoms with Crippen molar-refractivity contribution in [3.8, 4) is 0 Å². The van der Waals surface area contributed by atoms with Crippen molar-refractivity contribution in [3.05, 3.63) is 35.4 Å². The van der Waals surface area contributed by atoms with Gasteiger partial charge in [-0.3, -0.25) is 4.79 Å². The first kappa shape index (κ1) is 18.7. The third kappa shape index (κ3) is 4.86. The zero-order chi connectivity index (χ0) is 15.5. The fourth-order valence-corrected chi connectivity index (χ4v) is 2.26. The van der Waals surface area contributed by atoms with E-state index in [2.05, 4.69) is 10.6 Å². The van der Waals surface area contributed by atoms with Crippen LogP contribution in [0, 0.1) is 5.92 Å². The summed E-state index contributed by atoms with van der Waals surface area (Å²) in [6, 6.07) is 4.49. The lowest BCUT2D eigenvalue weighted by Crippen LogP contribution is -2.34. The first-order valence-corrected chi connectivity index (χ1v) is 6.71. The highest BCUT2D eigenvalue weighted by molar-refractivity contribution is 5.85. The van der Waals surface area contributed by atoms with Crippen LogP contribution in [0.15, 0.2) is 24.3 Å². The van der Waals surface area contributed by atoms with E-state index in [1.807, 2.05) is 0 Å². The van der Waals surface area contributed by atoms with Gasteiger partial charge >= 0.3 is 6.18 Å². The van der Waals surface area contributed by atoms with E-state index in [9.17, 15) is 23.1 Å². The van der Waals surface area contributed by atoms with Crippen LogP contribution < -0.4 is 10.6 Å². The number of carbonyl (C=O) groups is 1. The van der Waals surface area contributed by atoms with E-state index in [-0.39, 0.29) is 36.3 Å². The molecule has 1 amide bonds. The maximum atomic E-state index is 12.6. The highest BCUT2D eigenvalue weighted by atomic mass is 35.5. The van der Waals surface area contributed by atoms with E-state index in [4.69, 9.17) is 0 Å². The summed E-state index contributed by atoms with van der Waals surface area (Å²) in [7, 11) is 0. The van der Waals surface area contributed by atoms with Crippen molar-refractivity contribution in [1.82, 2.24) is 10.6 Å². The van der Waals surface area contributed by atoms with Crippen LogP contribution in [0.3, 0.4) is 0 Å². The first-order valence-electron chi connectivity index (χ1n) is 6.71. The third-order valence-electron chi connectivity index (χ3n) is 3.50. The lowest BCUT2D eigenvalue weighted by Gasteiger charge is -2.16. The largest absolute Gasteiger partial charge is 0.416 e. The number of hydrogen-bond donors (Lipinski definition) is 3. The molecule has 2 atom stereocenters. The van der Waals surface area contributed by atoms with E-state index in [0.29, 0.717) is 6.54 Å². The lowest BCUT2D eigenvalue weighted by atomic mass is 10.0. The Morgan fingerprint density at radius 3 is 2.77 bits per heavy atom. The molecule has 0 aromatic heterocycles. The van der Waals surface area contributed by atoms with Crippen LogP contribution in [0.4, 0.5) is 13.2 Å². The summed E-state index contributed by atoms with van der Waals surface area (Å²) in [5.41, 5.74) is -0.681.